The molecule has 0 bridgehead atoms. The summed E-state index contributed by atoms with van der Waals surface area (Å²) in [5.41, 5.74) is 0. The summed E-state index contributed by atoms with van der Waals surface area (Å²) < 4.78 is 0. The van der Waals surface area contributed by atoms with Crippen molar-refractivity contribution in [1.29, 1.82) is 0 Å². The fraction of sp³-hybridized carbons (Fsp3) is 0.273. The van der Waals surface area contributed by atoms with Crippen LogP contribution in [0.15, 0.2) is 42.5 Å². The Morgan fingerprint density at radius 2 is 2.00 bits per heavy atom. The topological polar surface area (TPSA) is 0 Å². The molecule has 1 aromatic carbocycles. The van der Waals surface area contributed by atoms with Gasteiger partial charge in [0.1, 0.15) is 0 Å². The van der Waals surface area contributed by atoms with Gasteiger partial charge in [0.05, 0.1) is 9.52 Å². The molecule has 0 saturated carbocycles. The SMILES string of the molecule is CC=CCC[Si]c1ccccc1. The molecule has 0 aliphatic carbocycles. The van der Waals surface area contributed by atoms with Gasteiger partial charge in [-0.3, -0.25) is 0 Å². The molecular formula is C11H14Si. The van der Waals surface area contributed by atoms with E-state index in [1.165, 1.54) is 17.7 Å². The van der Waals surface area contributed by atoms with E-state index in [4.69, 9.17) is 0 Å². The van der Waals surface area contributed by atoms with Gasteiger partial charge in [0.2, 0.25) is 0 Å². The highest BCUT2D eigenvalue weighted by molar-refractivity contribution is 6.53. The monoisotopic (exact) mass is 174 g/mol. The van der Waals surface area contributed by atoms with Crippen LogP contribution in [0.4, 0.5) is 0 Å². The van der Waals surface area contributed by atoms with Crippen molar-refractivity contribution in [2.45, 2.75) is 19.4 Å². The van der Waals surface area contributed by atoms with E-state index in [9.17, 15) is 0 Å². The van der Waals surface area contributed by atoms with Crippen molar-refractivity contribution in [3.63, 3.8) is 0 Å². The van der Waals surface area contributed by atoms with Crippen molar-refractivity contribution < 1.29 is 0 Å². The van der Waals surface area contributed by atoms with Gasteiger partial charge in [0.25, 0.3) is 0 Å². The lowest BCUT2D eigenvalue weighted by Crippen LogP contribution is -2.11. The normalized spacial score (nSPS) is 10.8. The predicted molar refractivity (Wildman–Crippen MR) is 56.1 cm³/mol. The Kier molecular flexibility index (Phi) is 4.46. The molecule has 2 radical (unpaired) electrons. The van der Waals surface area contributed by atoms with Crippen LogP contribution in [0.3, 0.4) is 0 Å². The summed E-state index contributed by atoms with van der Waals surface area (Å²) in [6.07, 6.45) is 5.56. The van der Waals surface area contributed by atoms with Crippen molar-refractivity contribution in [3.8, 4) is 0 Å². The molecule has 0 aliphatic rings. The summed E-state index contributed by atoms with van der Waals surface area (Å²) in [7, 11) is 0.963. The maximum absolute atomic E-state index is 2.23. The second-order valence-electron chi connectivity index (χ2n) is 2.65. The summed E-state index contributed by atoms with van der Waals surface area (Å²) in [6.45, 7) is 2.08. The molecule has 0 aromatic heterocycles. The molecule has 0 atom stereocenters. The number of benzene rings is 1. The first-order valence-electron chi connectivity index (χ1n) is 4.33. The van der Waals surface area contributed by atoms with Gasteiger partial charge in [-0.15, -0.1) is 0 Å². The molecule has 1 rings (SSSR count). The van der Waals surface area contributed by atoms with E-state index in [1.807, 2.05) is 0 Å². The minimum absolute atomic E-state index is 0.963. The zero-order valence-electron chi connectivity index (χ0n) is 7.46. The first-order chi connectivity index (χ1) is 5.93. The summed E-state index contributed by atoms with van der Waals surface area (Å²) in [5.74, 6) is 0. The molecule has 0 N–H and O–H groups in total. The maximum atomic E-state index is 2.23. The van der Waals surface area contributed by atoms with Gasteiger partial charge < -0.3 is 0 Å². The summed E-state index contributed by atoms with van der Waals surface area (Å²) in [4.78, 5) is 0. The smallest absolute Gasteiger partial charge is 0.0811 e. The number of hydrogen-bond donors (Lipinski definition) is 0. The van der Waals surface area contributed by atoms with Gasteiger partial charge in [0.15, 0.2) is 0 Å². The molecule has 0 spiro atoms. The van der Waals surface area contributed by atoms with Gasteiger partial charge in [-0.2, -0.15) is 0 Å². The van der Waals surface area contributed by atoms with E-state index in [-0.39, 0.29) is 0 Å². The molecule has 1 aromatic rings. The Morgan fingerprint density at radius 1 is 1.25 bits per heavy atom. The third kappa shape index (κ3) is 3.53. The fourth-order valence-electron chi connectivity index (χ4n) is 1.02. The Labute approximate surface area is 77.1 Å². The lowest BCUT2D eigenvalue weighted by molar-refractivity contribution is 1.20. The third-order valence-corrected chi connectivity index (χ3v) is 2.93. The summed E-state index contributed by atoms with van der Waals surface area (Å²) in [5, 5.41) is 1.47. The third-order valence-electron chi connectivity index (χ3n) is 1.65. The molecule has 0 aliphatic heterocycles. The van der Waals surface area contributed by atoms with Crippen LogP contribution in [0.2, 0.25) is 6.04 Å². The van der Waals surface area contributed by atoms with Gasteiger partial charge in [-0.25, -0.2) is 0 Å². The molecule has 62 valence electrons. The van der Waals surface area contributed by atoms with Crippen LogP contribution in [-0.4, -0.2) is 9.52 Å². The Morgan fingerprint density at radius 3 is 2.67 bits per heavy atom. The molecule has 12 heavy (non-hydrogen) atoms. The molecule has 0 heterocycles. The highest BCUT2D eigenvalue weighted by atomic mass is 28.2. The minimum Gasteiger partial charge on any atom is -0.0917 e. The predicted octanol–water partition coefficient (Wildman–Crippen LogP) is 2.40. The van der Waals surface area contributed by atoms with Gasteiger partial charge in [-0.05, 0) is 13.3 Å². The largest absolute Gasteiger partial charge is 0.0917 e. The van der Waals surface area contributed by atoms with Crippen molar-refractivity contribution in [3.05, 3.63) is 42.5 Å². The Balaban J connectivity index is 2.24. The van der Waals surface area contributed by atoms with E-state index in [0.29, 0.717) is 0 Å². The van der Waals surface area contributed by atoms with E-state index < -0.39 is 0 Å². The molecular weight excluding hydrogens is 160 g/mol. The average molecular weight is 174 g/mol. The maximum Gasteiger partial charge on any atom is 0.0811 e. The van der Waals surface area contributed by atoms with Crippen molar-refractivity contribution in [2.24, 2.45) is 0 Å². The lowest BCUT2D eigenvalue weighted by Gasteiger charge is -1.95. The van der Waals surface area contributed by atoms with Crippen LogP contribution in [0, 0.1) is 0 Å². The van der Waals surface area contributed by atoms with Crippen LogP contribution >= 0.6 is 0 Å². The van der Waals surface area contributed by atoms with E-state index in [1.54, 1.807) is 0 Å². The summed E-state index contributed by atoms with van der Waals surface area (Å²) >= 11 is 0. The van der Waals surface area contributed by atoms with Gasteiger partial charge in [0, 0.05) is 0 Å². The van der Waals surface area contributed by atoms with Crippen LogP contribution in [0.5, 0.6) is 0 Å². The van der Waals surface area contributed by atoms with Crippen LogP contribution in [0.25, 0.3) is 0 Å². The molecule has 0 saturated heterocycles. The fourth-order valence-corrected chi connectivity index (χ4v) is 2.05. The Bertz CT molecular complexity index is 226. The Hall–Kier alpha value is -0.823. The first kappa shape index (κ1) is 9.27. The molecule has 1 heteroatoms. The van der Waals surface area contributed by atoms with Crippen LogP contribution in [0.1, 0.15) is 13.3 Å². The highest BCUT2D eigenvalue weighted by Gasteiger charge is 1.90. The average Bonchev–Trinajstić information content (AvgIpc) is 2.14. The molecule has 0 amide bonds. The van der Waals surface area contributed by atoms with Crippen molar-refractivity contribution in [1.82, 2.24) is 0 Å². The van der Waals surface area contributed by atoms with E-state index in [0.717, 1.165) is 9.52 Å². The second kappa shape index (κ2) is 5.78. The van der Waals surface area contributed by atoms with Crippen LogP contribution < -0.4 is 5.19 Å². The van der Waals surface area contributed by atoms with E-state index in [2.05, 4.69) is 49.4 Å². The van der Waals surface area contributed by atoms with Crippen molar-refractivity contribution >= 4 is 14.7 Å². The number of hydrogen-bond acceptors (Lipinski definition) is 0. The minimum atomic E-state index is 0.963. The number of rotatable bonds is 4. The zero-order chi connectivity index (χ0) is 8.65. The first-order valence-corrected chi connectivity index (χ1v) is 5.54. The van der Waals surface area contributed by atoms with E-state index >= 15 is 0 Å². The highest BCUT2D eigenvalue weighted by Crippen LogP contribution is 1.91. The quantitative estimate of drug-likeness (QED) is 0.373. The van der Waals surface area contributed by atoms with Gasteiger partial charge in [-0.1, -0.05) is 53.7 Å². The number of allylic oxidation sites excluding steroid dienone is 2. The van der Waals surface area contributed by atoms with Crippen molar-refractivity contribution in [2.75, 3.05) is 0 Å². The standard InChI is InChI=1S/C11H14Si/c1-2-3-7-10-12-11-8-5-4-6-9-11/h2-6,8-9H,7,10H2,1H3. The summed E-state index contributed by atoms with van der Waals surface area (Å²) in [6, 6.07) is 12.0. The van der Waals surface area contributed by atoms with Gasteiger partial charge >= 0.3 is 0 Å². The molecule has 0 nitrogen and oxygen atoms in total. The molecule has 0 fully saturated rings. The zero-order valence-corrected chi connectivity index (χ0v) is 8.46. The van der Waals surface area contributed by atoms with Crippen LogP contribution in [-0.2, 0) is 0 Å². The molecule has 0 unspecified atom stereocenters. The second-order valence-corrected chi connectivity index (χ2v) is 4.08. The lowest BCUT2D eigenvalue weighted by atomic mass is 10.4.